The Labute approximate surface area is 158 Å². The standard InChI is InChI=1S/C20H23N3O4/c1-14-5-6-18(22-21-14)27-13-15-7-9-23(10-8-15)20(24)16-3-2-4-17-19(16)26-12-11-25-17/h2-6,15H,7-13H2,1H3. The average molecular weight is 369 g/mol. The SMILES string of the molecule is Cc1ccc(OCC2CCN(C(=O)c3cccc4c3OCCO4)CC2)nn1. The van der Waals surface area contributed by atoms with Crippen LogP contribution in [0.3, 0.4) is 0 Å². The van der Waals surface area contributed by atoms with Crippen LogP contribution in [0.5, 0.6) is 17.4 Å². The van der Waals surface area contributed by atoms with Gasteiger partial charge in [0.05, 0.1) is 17.9 Å². The van der Waals surface area contributed by atoms with Gasteiger partial charge >= 0.3 is 0 Å². The lowest BCUT2D eigenvalue weighted by Crippen LogP contribution is -2.40. The molecule has 3 heterocycles. The molecule has 1 aromatic heterocycles. The highest BCUT2D eigenvalue weighted by Gasteiger charge is 2.28. The third kappa shape index (κ3) is 3.97. The molecule has 1 aromatic carbocycles. The van der Waals surface area contributed by atoms with E-state index >= 15 is 0 Å². The van der Waals surface area contributed by atoms with Gasteiger partial charge in [0, 0.05) is 19.2 Å². The van der Waals surface area contributed by atoms with Gasteiger partial charge in [0.15, 0.2) is 11.5 Å². The largest absolute Gasteiger partial charge is 0.486 e. The Hall–Kier alpha value is -2.83. The average Bonchev–Trinajstić information content (AvgIpc) is 2.73. The second-order valence-corrected chi connectivity index (χ2v) is 6.89. The molecule has 0 N–H and O–H groups in total. The molecule has 27 heavy (non-hydrogen) atoms. The zero-order valence-corrected chi connectivity index (χ0v) is 15.4. The van der Waals surface area contributed by atoms with Crippen LogP contribution in [0.2, 0.25) is 0 Å². The van der Waals surface area contributed by atoms with Crippen molar-refractivity contribution < 1.29 is 19.0 Å². The topological polar surface area (TPSA) is 73.8 Å². The van der Waals surface area contributed by atoms with Crippen LogP contribution in [0.25, 0.3) is 0 Å². The highest BCUT2D eigenvalue weighted by Crippen LogP contribution is 2.34. The molecule has 7 heteroatoms. The summed E-state index contributed by atoms with van der Waals surface area (Å²) in [6.07, 6.45) is 1.80. The first-order valence-corrected chi connectivity index (χ1v) is 9.32. The third-order valence-corrected chi connectivity index (χ3v) is 4.94. The molecule has 1 saturated heterocycles. The first kappa shape index (κ1) is 17.6. The fourth-order valence-corrected chi connectivity index (χ4v) is 3.38. The molecule has 0 atom stereocenters. The number of hydrogen-bond acceptors (Lipinski definition) is 6. The van der Waals surface area contributed by atoms with Crippen molar-refractivity contribution in [3.63, 3.8) is 0 Å². The van der Waals surface area contributed by atoms with E-state index in [9.17, 15) is 4.79 Å². The predicted octanol–water partition coefficient (Wildman–Crippen LogP) is 2.49. The second-order valence-electron chi connectivity index (χ2n) is 6.89. The van der Waals surface area contributed by atoms with Gasteiger partial charge in [0.2, 0.25) is 5.88 Å². The van der Waals surface area contributed by atoms with Crippen molar-refractivity contribution in [2.75, 3.05) is 32.9 Å². The minimum atomic E-state index is 0.00104. The van der Waals surface area contributed by atoms with Crippen molar-refractivity contribution in [3.05, 3.63) is 41.6 Å². The number of nitrogens with zero attached hydrogens (tertiary/aromatic N) is 3. The molecule has 0 radical (unpaired) electrons. The maximum atomic E-state index is 12.9. The van der Waals surface area contributed by atoms with E-state index in [2.05, 4.69) is 10.2 Å². The number of para-hydroxylation sites is 1. The normalized spacial score (nSPS) is 16.9. The summed E-state index contributed by atoms with van der Waals surface area (Å²) in [4.78, 5) is 14.8. The molecule has 0 bridgehead atoms. The highest BCUT2D eigenvalue weighted by molar-refractivity contribution is 5.98. The maximum Gasteiger partial charge on any atom is 0.257 e. The number of hydrogen-bond donors (Lipinski definition) is 0. The third-order valence-electron chi connectivity index (χ3n) is 4.94. The molecule has 0 unspecified atom stereocenters. The lowest BCUT2D eigenvalue weighted by atomic mass is 9.97. The molecule has 2 aliphatic heterocycles. The molecule has 1 fully saturated rings. The highest BCUT2D eigenvalue weighted by atomic mass is 16.6. The van der Waals surface area contributed by atoms with Crippen molar-refractivity contribution in [1.29, 1.82) is 0 Å². The van der Waals surface area contributed by atoms with E-state index in [1.165, 1.54) is 0 Å². The number of rotatable bonds is 4. The summed E-state index contributed by atoms with van der Waals surface area (Å²) in [6.45, 7) is 4.88. The summed E-state index contributed by atoms with van der Waals surface area (Å²) in [5.41, 5.74) is 1.45. The summed E-state index contributed by atoms with van der Waals surface area (Å²) >= 11 is 0. The molecule has 2 aliphatic rings. The van der Waals surface area contributed by atoms with Gasteiger partial charge < -0.3 is 19.1 Å². The van der Waals surface area contributed by atoms with E-state index in [1.807, 2.05) is 36.1 Å². The molecular weight excluding hydrogens is 346 g/mol. The van der Waals surface area contributed by atoms with E-state index in [0.29, 0.717) is 61.8 Å². The van der Waals surface area contributed by atoms with Gasteiger partial charge in [-0.05, 0) is 43.9 Å². The number of ether oxygens (including phenoxy) is 3. The summed E-state index contributed by atoms with van der Waals surface area (Å²) in [5.74, 6) is 2.17. The lowest BCUT2D eigenvalue weighted by molar-refractivity contribution is 0.0649. The first-order valence-electron chi connectivity index (χ1n) is 9.32. The number of piperidine rings is 1. The van der Waals surface area contributed by atoms with Gasteiger partial charge in [-0.25, -0.2) is 0 Å². The molecule has 0 spiro atoms. The first-order chi connectivity index (χ1) is 13.2. The molecule has 4 rings (SSSR count). The molecule has 2 aromatic rings. The Morgan fingerprint density at radius 3 is 2.74 bits per heavy atom. The minimum absolute atomic E-state index is 0.00104. The van der Waals surface area contributed by atoms with Crippen molar-refractivity contribution in [1.82, 2.24) is 15.1 Å². The fraction of sp³-hybridized carbons (Fsp3) is 0.450. The minimum Gasteiger partial charge on any atom is -0.486 e. The van der Waals surface area contributed by atoms with Gasteiger partial charge in [-0.1, -0.05) is 6.07 Å². The van der Waals surface area contributed by atoms with Crippen LogP contribution in [-0.4, -0.2) is 53.9 Å². The van der Waals surface area contributed by atoms with Crippen molar-refractivity contribution in [2.24, 2.45) is 5.92 Å². The zero-order valence-electron chi connectivity index (χ0n) is 15.4. The lowest BCUT2D eigenvalue weighted by Gasteiger charge is -2.32. The Morgan fingerprint density at radius 1 is 1.15 bits per heavy atom. The van der Waals surface area contributed by atoms with Gasteiger partial charge in [-0.2, -0.15) is 5.10 Å². The van der Waals surface area contributed by atoms with E-state index < -0.39 is 0 Å². The summed E-state index contributed by atoms with van der Waals surface area (Å²) in [5, 5.41) is 8.02. The number of carbonyl (C=O) groups excluding carboxylic acids is 1. The van der Waals surface area contributed by atoms with E-state index in [-0.39, 0.29) is 5.91 Å². The fourth-order valence-electron chi connectivity index (χ4n) is 3.38. The predicted molar refractivity (Wildman–Crippen MR) is 98.3 cm³/mol. The van der Waals surface area contributed by atoms with Crippen molar-refractivity contribution >= 4 is 5.91 Å². The zero-order chi connectivity index (χ0) is 18.6. The van der Waals surface area contributed by atoms with Crippen molar-refractivity contribution in [3.8, 4) is 17.4 Å². The number of likely N-dealkylation sites (tertiary alicyclic amines) is 1. The van der Waals surface area contributed by atoms with Crippen LogP contribution in [0.4, 0.5) is 0 Å². The molecule has 7 nitrogen and oxygen atoms in total. The van der Waals surface area contributed by atoms with Crippen LogP contribution in [-0.2, 0) is 0 Å². The van der Waals surface area contributed by atoms with Crippen LogP contribution in [0, 0.1) is 12.8 Å². The number of aryl methyl sites for hydroxylation is 1. The van der Waals surface area contributed by atoms with Crippen LogP contribution < -0.4 is 14.2 Å². The number of fused-ring (bicyclic) bond motifs is 1. The van der Waals surface area contributed by atoms with Gasteiger partial charge in [0.1, 0.15) is 13.2 Å². The van der Waals surface area contributed by atoms with Gasteiger partial charge in [0.25, 0.3) is 5.91 Å². The van der Waals surface area contributed by atoms with Gasteiger partial charge in [-0.15, -0.1) is 5.10 Å². The Kier molecular flexibility index (Phi) is 5.09. The Bertz CT molecular complexity index is 801. The molecule has 1 amide bonds. The molecule has 142 valence electrons. The number of benzene rings is 1. The summed E-state index contributed by atoms with van der Waals surface area (Å²) in [7, 11) is 0. The van der Waals surface area contributed by atoms with Gasteiger partial charge in [-0.3, -0.25) is 4.79 Å². The van der Waals surface area contributed by atoms with E-state index in [1.54, 1.807) is 6.07 Å². The number of aromatic nitrogens is 2. The molecule has 0 saturated carbocycles. The smallest absolute Gasteiger partial charge is 0.257 e. The van der Waals surface area contributed by atoms with Crippen LogP contribution >= 0.6 is 0 Å². The van der Waals surface area contributed by atoms with Crippen LogP contribution in [0.15, 0.2) is 30.3 Å². The summed E-state index contributed by atoms with van der Waals surface area (Å²) < 4.78 is 17.0. The Morgan fingerprint density at radius 2 is 1.96 bits per heavy atom. The monoisotopic (exact) mass is 369 g/mol. The van der Waals surface area contributed by atoms with E-state index in [4.69, 9.17) is 14.2 Å². The van der Waals surface area contributed by atoms with E-state index in [0.717, 1.165) is 18.5 Å². The summed E-state index contributed by atoms with van der Waals surface area (Å²) in [6, 6.07) is 9.20. The molecular formula is C20H23N3O4. The molecule has 0 aliphatic carbocycles. The van der Waals surface area contributed by atoms with Crippen LogP contribution in [0.1, 0.15) is 28.9 Å². The Balaban J connectivity index is 1.32. The number of amides is 1. The second kappa shape index (κ2) is 7.82. The maximum absolute atomic E-state index is 12.9. The quantitative estimate of drug-likeness (QED) is 0.824. The number of carbonyl (C=O) groups is 1. The van der Waals surface area contributed by atoms with Crippen molar-refractivity contribution in [2.45, 2.75) is 19.8 Å².